The molecule has 130 valence electrons. The van der Waals surface area contributed by atoms with E-state index in [9.17, 15) is 9.59 Å². The van der Waals surface area contributed by atoms with E-state index in [1.165, 1.54) is 0 Å². The van der Waals surface area contributed by atoms with Gasteiger partial charge in [0.25, 0.3) is 11.8 Å². The number of carbonyl (C=O) groups is 2. The van der Waals surface area contributed by atoms with Gasteiger partial charge in [0.15, 0.2) is 13.2 Å². The SMILES string of the molecule is N#Cc1ccc(OCC(=O)NNC(=O)COc2ccccc2C#N)cc1. The number of carbonyl (C=O) groups excluding carboxylic acids is 2. The van der Waals surface area contributed by atoms with Crippen LogP contribution in [0.2, 0.25) is 0 Å². The molecule has 0 unspecified atom stereocenters. The molecule has 2 amide bonds. The third-order valence-electron chi connectivity index (χ3n) is 3.06. The summed E-state index contributed by atoms with van der Waals surface area (Å²) < 4.78 is 10.4. The Labute approximate surface area is 149 Å². The summed E-state index contributed by atoms with van der Waals surface area (Å²) >= 11 is 0. The van der Waals surface area contributed by atoms with Crippen molar-refractivity contribution in [3.05, 3.63) is 59.7 Å². The van der Waals surface area contributed by atoms with Gasteiger partial charge in [0.05, 0.1) is 17.2 Å². The summed E-state index contributed by atoms with van der Waals surface area (Å²) in [6.45, 7) is -0.681. The van der Waals surface area contributed by atoms with Crippen LogP contribution in [-0.2, 0) is 9.59 Å². The second-order valence-corrected chi connectivity index (χ2v) is 4.92. The molecule has 0 aliphatic carbocycles. The van der Waals surface area contributed by atoms with Gasteiger partial charge in [-0.2, -0.15) is 10.5 Å². The lowest BCUT2D eigenvalue weighted by atomic mass is 10.2. The Morgan fingerprint density at radius 1 is 0.846 bits per heavy atom. The fourth-order valence-electron chi connectivity index (χ4n) is 1.81. The van der Waals surface area contributed by atoms with Gasteiger partial charge in [-0.15, -0.1) is 0 Å². The summed E-state index contributed by atoms with van der Waals surface area (Å²) in [5.74, 6) is -0.466. The van der Waals surface area contributed by atoms with E-state index in [2.05, 4.69) is 10.9 Å². The highest BCUT2D eigenvalue weighted by Gasteiger charge is 2.08. The van der Waals surface area contributed by atoms with Crippen LogP contribution in [0.15, 0.2) is 48.5 Å². The van der Waals surface area contributed by atoms with E-state index in [0.717, 1.165) is 0 Å². The Hall–Kier alpha value is -4.04. The van der Waals surface area contributed by atoms with Crippen molar-refractivity contribution in [3.8, 4) is 23.6 Å². The van der Waals surface area contributed by atoms with Crippen LogP contribution in [0.25, 0.3) is 0 Å². The molecule has 0 fully saturated rings. The lowest BCUT2D eigenvalue weighted by Gasteiger charge is -2.10. The van der Waals surface area contributed by atoms with Crippen LogP contribution in [0.1, 0.15) is 11.1 Å². The van der Waals surface area contributed by atoms with Crippen molar-refractivity contribution in [1.82, 2.24) is 10.9 Å². The van der Waals surface area contributed by atoms with Gasteiger partial charge >= 0.3 is 0 Å². The molecule has 0 aromatic heterocycles. The number of hydrogen-bond donors (Lipinski definition) is 2. The van der Waals surface area contributed by atoms with Gasteiger partial charge in [0.1, 0.15) is 17.6 Å². The number of ether oxygens (including phenoxy) is 2. The van der Waals surface area contributed by atoms with Crippen molar-refractivity contribution in [3.63, 3.8) is 0 Å². The maximum absolute atomic E-state index is 11.7. The van der Waals surface area contributed by atoms with Gasteiger partial charge in [-0.05, 0) is 36.4 Å². The smallest absolute Gasteiger partial charge is 0.276 e. The molecule has 0 radical (unpaired) electrons. The number of para-hydroxylation sites is 1. The van der Waals surface area contributed by atoms with E-state index >= 15 is 0 Å². The summed E-state index contributed by atoms with van der Waals surface area (Å²) in [4.78, 5) is 23.3. The first-order valence-electron chi connectivity index (χ1n) is 7.45. The molecule has 0 aliphatic rings. The highest BCUT2D eigenvalue weighted by atomic mass is 16.5. The van der Waals surface area contributed by atoms with Crippen molar-refractivity contribution in [1.29, 1.82) is 10.5 Å². The number of rotatable bonds is 6. The normalized spacial score (nSPS) is 9.31. The molecule has 8 nitrogen and oxygen atoms in total. The number of amides is 2. The largest absolute Gasteiger partial charge is 0.484 e. The van der Waals surface area contributed by atoms with Crippen LogP contribution in [-0.4, -0.2) is 25.0 Å². The quantitative estimate of drug-likeness (QED) is 0.750. The van der Waals surface area contributed by atoms with Gasteiger partial charge < -0.3 is 9.47 Å². The van der Waals surface area contributed by atoms with Gasteiger partial charge in [0, 0.05) is 0 Å². The van der Waals surface area contributed by atoms with Crippen LogP contribution >= 0.6 is 0 Å². The first kappa shape index (κ1) is 18.3. The molecule has 0 bridgehead atoms. The van der Waals surface area contributed by atoms with Gasteiger partial charge in [-0.3, -0.25) is 20.4 Å². The number of benzene rings is 2. The summed E-state index contributed by atoms with van der Waals surface area (Å²) in [5, 5.41) is 17.6. The molecular weight excluding hydrogens is 336 g/mol. The molecule has 2 aromatic carbocycles. The molecule has 2 rings (SSSR count). The van der Waals surface area contributed by atoms with Crippen LogP contribution in [0.3, 0.4) is 0 Å². The Kier molecular flexibility index (Phi) is 6.55. The molecule has 0 heterocycles. The molecule has 0 spiro atoms. The molecule has 26 heavy (non-hydrogen) atoms. The van der Waals surface area contributed by atoms with Gasteiger partial charge in [-0.25, -0.2) is 0 Å². The zero-order valence-electron chi connectivity index (χ0n) is 13.6. The molecule has 0 aliphatic heterocycles. The Morgan fingerprint density at radius 3 is 2.08 bits per heavy atom. The third kappa shape index (κ3) is 5.55. The minimum atomic E-state index is -0.593. The van der Waals surface area contributed by atoms with Crippen molar-refractivity contribution >= 4 is 11.8 Å². The van der Waals surface area contributed by atoms with Crippen molar-refractivity contribution in [2.24, 2.45) is 0 Å². The first-order valence-corrected chi connectivity index (χ1v) is 7.45. The lowest BCUT2D eigenvalue weighted by molar-refractivity contribution is -0.131. The second-order valence-electron chi connectivity index (χ2n) is 4.92. The van der Waals surface area contributed by atoms with Gasteiger partial charge in [-0.1, -0.05) is 12.1 Å². The molecular formula is C18H14N4O4. The number of hydrazine groups is 1. The predicted molar refractivity (Wildman–Crippen MR) is 89.6 cm³/mol. The van der Waals surface area contributed by atoms with Gasteiger partial charge in [0.2, 0.25) is 0 Å². The fourth-order valence-corrected chi connectivity index (χ4v) is 1.81. The zero-order chi connectivity index (χ0) is 18.8. The highest BCUT2D eigenvalue weighted by Crippen LogP contribution is 2.16. The summed E-state index contributed by atoms with van der Waals surface area (Å²) in [6.07, 6.45) is 0. The van der Waals surface area contributed by atoms with Crippen LogP contribution in [0.5, 0.6) is 11.5 Å². The Morgan fingerprint density at radius 2 is 1.46 bits per heavy atom. The van der Waals surface area contributed by atoms with Crippen LogP contribution in [0, 0.1) is 22.7 Å². The molecule has 0 saturated carbocycles. The summed E-state index contributed by atoms with van der Waals surface area (Å²) in [7, 11) is 0. The van der Waals surface area contributed by atoms with Crippen molar-refractivity contribution in [2.75, 3.05) is 13.2 Å². The highest BCUT2D eigenvalue weighted by molar-refractivity contribution is 5.83. The minimum Gasteiger partial charge on any atom is -0.484 e. The molecule has 8 heteroatoms. The predicted octanol–water partition coefficient (Wildman–Crippen LogP) is 1.04. The van der Waals surface area contributed by atoms with Crippen LogP contribution in [0.4, 0.5) is 0 Å². The fraction of sp³-hybridized carbons (Fsp3) is 0.111. The summed E-state index contributed by atoms with van der Waals surface area (Å²) in [6, 6.07) is 16.6. The number of hydrogen-bond acceptors (Lipinski definition) is 6. The van der Waals surface area contributed by atoms with Crippen LogP contribution < -0.4 is 20.3 Å². The van der Waals surface area contributed by atoms with E-state index in [1.54, 1.807) is 48.5 Å². The topological polar surface area (TPSA) is 124 Å². The Bertz CT molecular complexity index is 866. The van der Waals surface area contributed by atoms with E-state index in [-0.39, 0.29) is 19.0 Å². The minimum absolute atomic E-state index is 0.278. The lowest BCUT2D eigenvalue weighted by Crippen LogP contribution is -2.45. The molecule has 0 atom stereocenters. The average Bonchev–Trinajstić information content (AvgIpc) is 2.69. The third-order valence-corrected chi connectivity index (χ3v) is 3.06. The van der Waals surface area contributed by atoms with E-state index in [0.29, 0.717) is 16.9 Å². The second kappa shape index (κ2) is 9.30. The number of nitrogens with one attached hydrogen (secondary N) is 2. The molecule has 0 saturated heterocycles. The van der Waals surface area contributed by atoms with Crippen molar-refractivity contribution < 1.29 is 19.1 Å². The number of nitrogens with zero attached hydrogens (tertiary/aromatic N) is 2. The van der Waals surface area contributed by atoms with Crippen molar-refractivity contribution in [2.45, 2.75) is 0 Å². The molecule has 2 aromatic rings. The summed E-state index contributed by atoms with van der Waals surface area (Å²) in [5.41, 5.74) is 5.14. The first-order chi connectivity index (χ1) is 12.6. The zero-order valence-corrected chi connectivity index (χ0v) is 13.6. The maximum Gasteiger partial charge on any atom is 0.276 e. The monoisotopic (exact) mass is 350 g/mol. The Balaban J connectivity index is 1.70. The average molecular weight is 350 g/mol. The maximum atomic E-state index is 11.7. The van der Waals surface area contributed by atoms with E-state index in [4.69, 9.17) is 20.0 Å². The number of nitriles is 2. The van der Waals surface area contributed by atoms with E-state index in [1.807, 2.05) is 12.1 Å². The molecule has 2 N–H and O–H groups in total. The standard InChI is InChI=1S/C18H14N4O4/c19-9-13-5-7-15(8-6-13)25-11-17(23)21-22-18(24)12-26-16-4-2-1-3-14(16)10-20/h1-8H,11-12H2,(H,21,23)(H,22,24). The van der Waals surface area contributed by atoms with E-state index < -0.39 is 11.8 Å².